The number of para-hydroxylation sites is 1. The molecule has 7 heteroatoms. The van der Waals surface area contributed by atoms with Crippen LogP contribution in [0.5, 0.6) is 0 Å². The Kier molecular flexibility index (Phi) is 10.8. The summed E-state index contributed by atoms with van der Waals surface area (Å²) >= 11 is 0. The Labute approximate surface area is 169 Å². The molecule has 0 saturated carbocycles. The van der Waals surface area contributed by atoms with Crippen LogP contribution in [0.2, 0.25) is 0 Å². The van der Waals surface area contributed by atoms with E-state index in [2.05, 4.69) is 39.4 Å². The van der Waals surface area contributed by atoms with Crippen molar-refractivity contribution in [2.24, 2.45) is 0 Å². The molecule has 0 aromatic heterocycles. The van der Waals surface area contributed by atoms with Gasteiger partial charge in [0.25, 0.3) is 0 Å². The van der Waals surface area contributed by atoms with Gasteiger partial charge in [-0.05, 0) is 38.1 Å². The molecular weight excluding hydrogens is 371 g/mol. The highest BCUT2D eigenvalue weighted by Crippen LogP contribution is 2.15. The predicted molar refractivity (Wildman–Crippen MR) is 113 cm³/mol. The van der Waals surface area contributed by atoms with Crippen LogP contribution in [0.25, 0.3) is 0 Å². The highest BCUT2D eigenvalue weighted by Gasteiger charge is 2.21. The van der Waals surface area contributed by atoms with Gasteiger partial charge in [-0.15, -0.1) is 24.8 Å². The number of hydrogen-bond donors (Lipinski definition) is 1. The van der Waals surface area contributed by atoms with Gasteiger partial charge in [-0.25, -0.2) is 4.79 Å². The van der Waals surface area contributed by atoms with Gasteiger partial charge in [0.15, 0.2) is 0 Å². The first kappa shape index (κ1) is 22.9. The van der Waals surface area contributed by atoms with Gasteiger partial charge >= 0.3 is 6.03 Å². The monoisotopic (exact) mass is 402 g/mol. The van der Waals surface area contributed by atoms with Crippen LogP contribution in [0.15, 0.2) is 30.3 Å². The molecule has 3 rings (SSSR count). The Hall–Kier alpha value is -1.17. The maximum Gasteiger partial charge on any atom is 0.317 e. The zero-order valence-electron chi connectivity index (χ0n) is 15.4. The fourth-order valence-corrected chi connectivity index (χ4v) is 3.60. The molecule has 0 spiro atoms. The number of rotatable bonds is 4. The second-order valence-electron chi connectivity index (χ2n) is 6.80. The van der Waals surface area contributed by atoms with Crippen LogP contribution in [0.4, 0.5) is 10.5 Å². The van der Waals surface area contributed by atoms with Crippen molar-refractivity contribution >= 4 is 36.5 Å². The van der Waals surface area contributed by atoms with E-state index in [1.165, 1.54) is 44.5 Å². The lowest BCUT2D eigenvalue weighted by Gasteiger charge is -2.36. The topological polar surface area (TPSA) is 38.8 Å². The number of carbonyl (C=O) groups is 1. The van der Waals surface area contributed by atoms with Gasteiger partial charge in [-0.3, -0.25) is 0 Å². The number of halogens is 2. The van der Waals surface area contributed by atoms with Gasteiger partial charge in [0, 0.05) is 45.0 Å². The molecule has 5 nitrogen and oxygen atoms in total. The summed E-state index contributed by atoms with van der Waals surface area (Å²) in [5.41, 5.74) is 1.25. The Morgan fingerprint density at radius 1 is 0.846 bits per heavy atom. The smallest absolute Gasteiger partial charge is 0.317 e. The second-order valence-corrected chi connectivity index (χ2v) is 6.80. The van der Waals surface area contributed by atoms with Crippen LogP contribution in [0.3, 0.4) is 0 Å². The molecule has 2 fully saturated rings. The van der Waals surface area contributed by atoms with Crippen molar-refractivity contribution < 1.29 is 4.79 Å². The highest BCUT2D eigenvalue weighted by atomic mass is 35.5. The summed E-state index contributed by atoms with van der Waals surface area (Å²) in [5, 5.41) is 3.10. The number of anilines is 1. The number of benzene rings is 1. The molecule has 2 heterocycles. The highest BCUT2D eigenvalue weighted by molar-refractivity contribution is 5.85. The van der Waals surface area contributed by atoms with E-state index < -0.39 is 0 Å². The maximum atomic E-state index is 12.3. The van der Waals surface area contributed by atoms with Crippen molar-refractivity contribution in [3.8, 4) is 0 Å². The van der Waals surface area contributed by atoms with Gasteiger partial charge in [-0.2, -0.15) is 0 Å². The molecule has 2 aliphatic rings. The van der Waals surface area contributed by atoms with Crippen molar-refractivity contribution in [1.82, 2.24) is 15.1 Å². The molecule has 1 aromatic rings. The summed E-state index contributed by atoms with van der Waals surface area (Å²) in [7, 11) is 0. The Morgan fingerprint density at radius 3 is 2.08 bits per heavy atom. The third-order valence-electron chi connectivity index (χ3n) is 5.09. The van der Waals surface area contributed by atoms with E-state index in [4.69, 9.17) is 0 Å². The Bertz CT molecular complexity index is 502. The minimum absolute atomic E-state index is 0. The number of piperazine rings is 1. The summed E-state index contributed by atoms with van der Waals surface area (Å²) in [6.45, 7) is 7.52. The minimum atomic E-state index is 0. The van der Waals surface area contributed by atoms with E-state index in [0.29, 0.717) is 0 Å². The SMILES string of the molecule is Cl.Cl.O=C(NCCN1CCCCCC1)N1CCN(c2ccccc2)CC1. The van der Waals surface area contributed by atoms with E-state index in [-0.39, 0.29) is 30.8 Å². The lowest BCUT2D eigenvalue weighted by molar-refractivity contribution is 0.191. The van der Waals surface area contributed by atoms with Crippen molar-refractivity contribution in [2.75, 3.05) is 57.3 Å². The fourth-order valence-electron chi connectivity index (χ4n) is 3.60. The van der Waals surface area contributed by atoms with E-state index in [9.17, 15) is 4.79 Å². The van der Waals surface area contributed by atoms with Gasteiger partial charge < -0.3 is 20.0 Å². The summed E-state index contributed by atoms with van der Waals surface area (Å²) in [6.07, 6.45) is 5.31. The molecule has 0 radical (unpaired) electrons. The molecule has 26 heavy (non-hydrogen) atoms. The molecule has 0 aliphatic carbocycles. The number of carbonyl (C=O) groups excluding carboxylic acids is 1. The lowest BCUT2D eigenvalue weighted by Crippen LogP contribution is -2.52. The van der Waals surface area contributed by atoms with Crippen LogP contribution in [0, 0.1) is 0 Å². The molecule has 0 bridgehead atoms. The number of amides is 2. The van der Waals surface area contributed by atoms with Crippen LogP contribution in [-0.4, -0.2) is 68.2 Å². The Morgan fingerprint density at radius 2 is 1.46 bits per heavy atom. The van der Waals surface area contributed by atoms with Crippen molar-refractivity contribution in [3.05, 3.63) is 30.3 Å². The van der Waals surface area contributed by atoms with Crippen LogP contribution >= 0.6 is 24.8 Å². The van der Waals surface area contributed by atoms with Gasteiger partial charge in [0.2, 0.25) is 0 Å². The average molecular weight is 403 g/mol. The lowest BCUT2D eigenvalue weighted by atomic mass is 10.2. The van der Waals surface area contributed by atoms with Crippen LogP contribution in [-0.2, 0) is 0 Å². The third-order valence-corrected chi connectivity index (χ3v) is 5.09. The van der Waals surface area contributed by atoms with Crippen molar-refractivity contribution in [3.63, 3.8) is 0 Å². The van der Waals surface area contributed by atoms with E-state index in [0.717, 1.165) is 39.3 Å². The second kappa shape index (κ2) is 12.3. The van der Waals surface area contributed by atoms with E-state index in [1.807, 2.05) is 11.0 Å². The predicted octanol–water partition coefficient (Wildman–Crippen LogP) is 3.24. The molecule has 2 amide bonds. The maximum absolute atomic E-state index is 12.3. The van der Waals surface area contributed by atoms with E-state index >= 15 is 0 Å². The molecule has 1 aromatic carbocycles. The number of urea groups is 1. The van der Waals surface area contributed by atoms with Crippen LogP contribution in [0.1, 0.15) is 25.7 Å². The van der Waals surface area contributed by atoms with Crippen molar-refractivity contribution in [1.29, 1.82) is 0 Å². The molecule has 2 saturated heterocycles. The normalized spacial score (nSPS) is 18.3. The molecule has 0 unspecified atom stereocenters. The standard InChI is InChI=1S/C19H30N4O.2ClH/c24-19(20-10-13-21-11-6-1-2-7-12-21)23-16-14-22(15-17-23)18-8-4-3-5-9-18;;/h3-5,8-9H,1-2,6-7,10-17H2,(H,20,24);2*1H. The zero-order valence-corrected chi connectivity index (χ0v) is 17.1. The summed E-state index contributed by atoms with van der Waals surface area (Å²) in [4.78, 5) is 19.1. The number of likely N-dealkylation sites (tertiary alicyclic amines) is 1. The zero-order chi connectivity index (χ0) is 16.6. The average Bonchev–Trinajstić information content (AvgIpc) is 2.91. The molecular formula is C19H32Cl2N4O. The largest absolute Gasteiger partial charge is 0.368 e. The summed E-state index contributed by atoms with van der Waals surface area (Å²) < 4.78 is 0. The van der Waals surface area contributed by atoms with Crippen molar-refractivity contribution in [2.45, 2.75) is 25.7 Å². The van der Waals surface area contributed by atoms with Crippen LogP contribution < -0.4 is 10.2 Å². The number of nitrogens with zero attached hydrogens (tertiary/aromatic N) is 3. The first-order chi connectivity index (χ1) is 11.8. The minimum Gasteiger partial charge on any atom is -0.368 e. The molecule has 2 aliphatic heterocycles. The third kappa shape index (κ3) is 6.86. The number of hydrogen-bond acceptors (Lipinski definition) is 3. The first-order valence-corrected chi connectivity index (χ1v) is 9.38. The van der Waals surface area contributed by atoms with E-state index in [1.54, 1.807) is 0 Å². The fraction of sp³-hybridized carbons (Fsp3) is 0.632. The van der Waals surface area contributed by atoms with Gasteiger partial charge in [0.1, 0.15) is 0 Å². The molecule has 0 atom stereocenters. The Balaban J connectivity index is 0.00000169. The molecule has 148 valence electrons. The van der Waals surface area contributed by atoms with Gasteiger partial charge in [-0.1, -0.05) is 31.0 Å². The molecule has 1 N–H and O–H groups in total. The quantitative estimate of drug-likeness (QED) is 0.839. The summed E-state index contributed by atoms with van der Waals surface area (Å²) in [5.74, 6) is 0. The first-order valence-electron chi connectivity index (χ1n) is 9.38. The number of nitrogens with one attached hydrogen (secondary N) is 1. The summed E-state index contributed by atoms with van der Waals surface area (Å²) in [6, 6.07) is 10.5. The van der Waals surface area contributed by atoms with Gasteiger partial charge in [0.05, 0.1) is 0 Å².